The van der Waals surface area contributed by atoms with E-state index in [1.807, 2.05) is 6.07 Å². The van der Waals surface area contributed by atoms with Gasteiger partial charge in [0.1, 0.15) is 23.1 Å². The van der Waals surface area contributed by atoms with Crippen LogP contribution in [0.25, 0.3) is 11.0 Å². The van der Waals surface area contributed by atoms with Crippen LogP contribution in [0.15, 0.2) is 24.3 Å². The van der Waals surface area contributed by atoms with Crippen molar-refractivity contribution in [1.29, 1.82) is 0 Å². The van der Waals surface area contributed by atoms with Crippen molar-refractivity contribution in [2.24, 2.45) is 0 Å². The molecule has 5 rings (SSSR count). The number of nitrogens with zero attached hydrogens (tertiary/aromatic N) is 5. The standard InChI is InChI=1S/C28H33F3N6O4/c1-16(18-6-5-7-20(23(18)29)28(3,30)31)32-24-19-14-21(26(39-4)35-25(19)34-17(2)33-24)36-8-10-37(11-9-36)27(38)22-15-40-12-13-41-22/h5-7,14,16,22H,8-13,15H2,1-4H3,(H,32,33,34,35)/t16-,22-/m1/s1. The molecule has 2 aliphatic heterocycles. The van der Waals surface area contributed by atoms with E-state index >= 15 is 4.39 Å². The minimum Gasteiger partial charge on any atom is -0.479 e. The van der Waals surface area contributed by atoms with Gasteiger partial charge in [-0.15, -0.1) is 0 Å². The van der Waals surface area contributed by atoms with Gasteiger partial charge in [-0.2, -0.15) is 4.98 Å². The van der Waals surface area contributed by atoms with Crippen molar-refractivity contribution in [2.75, 3.05) is 63.3 Å². The van der Waals surface area contributed by atoms with Crippen LogP contribution in [0.1, 0.15) is 36.8 Å². The quantitative estimate of drug-likeness (QED) is 0.451. The fraction of sp³-hybridized carbons (Fsp3) is 0.500. The summed E-state index contributed by atoms with van der Waals surface area (Å²) in [5.74, 6) is -3.21. The molecule has 10 nitrogen and oxygen atoms in total. The second-order valence-corrected chi connectivity index (χ2v) is 10.2. The molecule has 0 aliphatic carbocycles. The summed E-state index contributed by atoms with van der Waals surface area (Å²) >= 11 is 0. The first-order valence-electron chi connectivity index (χ1n) is 13.5. The second kappa shape index (κ2) is 11.6. The zero-order chi connectivity index (χ0) is 29.3. The van der Waals surface area contributed by atoms with E-state index in [0.29, 0.717) is 80.6 Å². The summed E-state index contributed by atoms with van der Waals surface area (Å²) in [6.45, 7) is 7.19. The van der Waals surface area contributed by atoms with E-state index in [1.54, 1.807) is 18.7 Å². The van der Waals surface area contributed by atoms with E-state index in [1.165, 1.54) is 19.2 Å². The van der Waals surface area contributed by atoms with Gasteiger partial charge in [-0.05, 0) is 19.9 Å². The largest absolute Gasteiger partial charge is 0.479 e. The number of nitrogens with one attached hydrogen (secondary N) is 1. The highest BCUT2D eigenvalue weighted by molar-refractivity contribution is 5.91. The Bertz CT molecular complexity index is 1420. The number of aromatic nitrogens is 3. The first kappa shape index (κ1) is 28.8. The van der Waals surface area contributed by atoms with Crippen LogP contribution < -0.4 is 15.0 Å². The smallest absolute Gasteiger partial charge is 0.273 e. The maximum Gasteiger partial charge on any atom is 0.273 e. The number of ether oxygens (including phenoxy) is 3. The van der Waals surface area contributed by atoms with Crippen LogP contribution >= 0.6 is 0 Å². The molecular formula is C28H33F3N6O4. The van der Waals surface area contributed by atoms with Crippen molar-refractivity contribution in [3.8, 4) is 5.88 Å². The van der Waals surface area contributed by atoms with Gasteiger partial charge in [0.25, 0.3) is 11.8 Å². The number of carbonyl (C=O) groups is 1. The van der Waals surface area contributed by atoms with Crippen molar-refractivity contribution in [3.05, 3.63) is 47.0 Å². The van der Waals surface area contributed by atoms with Gasteiger partial charge in [0.2, 0.25) is 5.88 Å². The molecule has 1 N–H and O–H groups in total. The third-order valence-corrected chi connectivity index (χ3v) is 7.28. The Morgan fingerprint density at radius 2 is 1.93 bits per heavy atom. The molecule has 2 aliphatic rings. The Hall–Kier alpha value is -3.71. The summed E-state index contributed by atoms with van der Waals surface area (Å²) in [5.41, 5.74) is 0.473. The van der Waals surface area contributed by atoms with Crippen LogP contribution in [0.4, 0.5) is 24.7 Å². The van der Waals surface area contributed by atoms with Crippen molar-refractivity contribution in [2.45, 2.75) is 38.8 Å². The van der Waals surface area contributed by atoms with Crippen LogP contribution in [0, 0.1) is 12.7 Å². The highest BCUT2D eigenvalue weighted by atomic mass is 19.3. The molecule has 41 heavy (non-hydrogen) atoms. The molecule has 2 aromatic heterocycles. The Labute approximate surface area is 235 Å². The van der Waals surface area contributed by atoms with E-state index < -0.39 is 29.4 Å². The summed E-state index contributed by atoms with van der Waals surface area (Å²) in [6.07, 6.45) is -0.586. The number of rotatable bonds is 7. The number of fused-ring (bicyclic) bond motifs is 1. The van der Waals surface area contributed by atoms with Gasteiger partial charge >= 0.3 is 0 Å². The Morgan fingerprint density at radius 1 is 1.17 bits per heavy atom. The predicted octanol–water partition coefficient (Wildman–Crippen LogP) is 3.83. The highest BCUT2D eigenvalue weighted by Gasteiger charge is 2.32. The first-order valence-corrected chi connectivity index (χ1v) is 13.5. The lowest BCUT2D eigenvalue weighted by molar-refractivity contribution is -0.158. The number of pyridine rings is 1. The Balaban J connectivity index is 1.41. The SMILES string of the molecule is COc1nc2nc(C)nc(N[C@H](C)c3cccc(C(C)(F)F)c3F)c2cc1N1CCN(C(=O)[C@H]2COCCO2)CC1. The number of anilines is 2. The number of hydrogen-bond acceptors (Lipinski definition) is 9. The van der Waals surface area contributed by atoms with Gasteiger partial charge in [-0.1, -0.05) is 18.2 Å². The fourth-order valence-electron chi connectivity index (χ4n) is 5.13. The Kier molecular flexibility index (Phi) is 8.18. The number of alkyl halides is 2. The number of amides is 1. The highest BCUT2D eigenvalue weighted by Crippen LogP contribution is 2.36. The molecule has 2 saturated heterocycles. The van der Waals surface area contributed by atoms with Gasteiger partial charge in [0.05, 0.1) is 43.9 Å². The molecular weight excluding hydrogens is 541 g/mol. The van der Waals surface area contributed by atoms with Gasteiger partial charge < -0.3 is 29.3 Å². The van der Waals surface area contributed by atoms with E-state index in [2.05, 4.69) is 25.2 Å². The Morgan fingerprint density at radius 3 is 2.59 bits per heavy atom. The average Bonchev–Trinajstić information content (AvgIpc) is 2.96. The predicted molar refractivity (Wildman–Crippen MR) is 146 cm³/mol. The monoisotopic (exact) mass is 574 g/mol. The first-order chi connectivity index (χ1) is 19.6. The van der Waals surface area contributed by atoms with Crippen LogP contribution in [0.3, 0.4) is 0 Å². The minimum absolute atomic E-state index is 0.0864. The maximum absolute atomic E-state index is 15.1. The molecule has 1 amide bonds. The van der Waals surface area contributed by atoms with Gasteiger partial charge in [-0.3, -0.25) is 4.79 Å². The summed E-state index contributed by atoms with van der Waals surface area (Å²) in [4.78, 5) is 30.3. The molecule has 0 spiro atoms. The molecule has 220 valence electrons. The number of carbonyl (C=O) groups excluding carboxylic acids is 1. The van der Waals surface area contributed by atoms with E-state index in [-0.39, 0.29) is 18.1 Å². The van der Waals surface area contributed by atoms with Gasteiger partial charge in [0, 0.05) is 38.7 Å². The summed E-state index contributed by atoms with van der Waals surface area (Å²) < 4.78 is 59.6. The lowest BCUT2D eigenvalue weighted by Gasteiger charge is -2.38. The summed E-state index contributed by atoms with van der Waals surface area (Å²) in [6, 6.07) is 5.12. The molecule has 0 bridgehead atoms. The summed E-state index contributed by atoms with van der Waals surface area (Å²) in [7, 11) is 1.52. The van der Waals surface area contributed by atoms with Crippen LogP contribution in [0.2, 0.25) is 0 Å². The van der Waals surface area contributed by atoms with Crippen LogP contribution in [-0.2, 0) is 20.2 Å². The average molecular weight is 575 g/mol. The molecule has 13 heteroatoms. The van der Waals surface area contributed by atoms with Crippen molar-refractivity contribution < 1.29 is 32.2 Å². The third kappa shape index (κ3) is 6.01. The molecule has 0 saturated carbocycles. The second-order valence-electron chi connectivity index (χ2n) is 10.2. The number of hydrogen-bond donors (Lipinski definition) is 1. The zero-order valence-electron chi connectivity index (χ0n) is 23.4. The number of benzene rings is 1. The van der Waals surface area contributed by atoms with Crippen molar-refractivity contribution in [3.63, 3.8) is 0 Å². The topological polar surface area (TPSA) is 102 Å². The van der Waals surface area contributed by atoms with E-state index in [4.69, 9.17) is 14.2 Å². The van der Waals surface area contributed by atoms with Gasteiger partial charge in [-0.25, -0.2) is 23.1 Å². The number of piperazine rings is 1. The number of methoxy groups -OCH3 is 1. The summed E-state index contributed by atoms with van der Waals surface area (Å²) in [5, 5.41) is 3.73. The van der Waals surface area contributed by atoms with E-state index in [9.17, 15) is 13.6 Å². The lowest BCUT2D eigenvalue weighted by Crippen LogP contribution is -2.53. The molecule has 0 radical (unpaired) electrons. The van der Waals surface area contributed by atoms with Crippen molar-refractivity contribution in [1.82, 2.24) is 19.9 Å². The fourth-order valence-corrected chi connectivity index (χ4v) is 5.13. The molecule has 1 aromatic carbocycles. The van der Waals surface area contributed by atoms with Crippen LogP contribution in [0.5, 0.6) is 5.88 Å². The molecule has 3 aromatic rings. The molecule has 4 heterocycles. The van der Waals surface area contributed by atoms with Crippen molar-refractivity contribution >= 4 is 28.4 Å². The number of aryl methyl sites for hydroxylation is 1. The molecule has 2 fully saturated rings. The zero-order valence-corrected chi connectivity index (χ0v) is 23.4. The third-order valence-electron chi connectivity index (χ3n) is 7.28. The normalized spacial score (nSPS) is 18.9. The molecule has 0 unspecified atom stereocenters. The van der Waals surface area contributed by atoms with Gasteiger partial charge in [0.15, 0.2) is 11.8 Å². The maximum atomic E-state index is 15.1. The lowest BCUT2D eigenvalue weighted by atomic mass is 10.0. The number of halogens is 3. The van der Waals surface area contributed by atoms with Crippen LogP contribution in [-0.4, -0.2) is 85.0 Å². The minimum atomic E-state index is -3.32. The molecule has 2 atom stereocenters. The van der Waals surface area contributed by atoms with E-state index in [0.717, 1.165) is 6.07 Å².